The third-order valence-corrected chi connectivity index (χ3v) is 7.81. The Labute approximate surface area is 184 Å². The van der Waals surface area contributed by atoms with E-state index < -0.39 is 0 Å². The van der Waals surface area contributed by atoms with Gasteiger partial charge < -0.3 is 0 Å². The fourth-order valence-electron chi connectivity index (χ4n) is 5.99. The highest BCUT2D eigenvalue weighted by Crippen LogP contribution is 2.48. The lowest BCUT2D eigenvalue weighted by atomic mass is 9.63. The molecular weight excluding hydrogens is 360 g/mol. The predicted molar refractivity (Wildman–Crippen MR) is 131 cm³/mol. The van der Waals surface area contributed by atoms with Gasteiger partial charge in [-0.15, -0.1) is 13.2 Å². The monoisotopic (exact) mass is 398 g/mol. The van der Waals surface area contributed by atoms with Crippen molar-refractivity contribution >= 4 is 0 Å². The highest BCUT2D eigenvalue weighted by Gasteiger charge is 2.35. The molecule has 2 aromatic carbocycles. The summed E-state index contributed by atoms with van der Waals surface area (Å²) in [5.74, 6) is 3.68. The van der Waals surface area contributed by atoms with E-state index in [1.54, 1.807) is 5.56 Å². The van der Waals surface area contributed by atoms with Gasteiger partial charge in [0.15, 0.2) is 0 Å². The molecule has 0 spiro atoms. The maximum Gasteiger partial charge on any atom is -0.0159 e. The Morgan fingerprint density at radius 1 is 0.700 bits per heavy atom. The van der Waals surface area contributed by atoms with E-state index >= 15 is 0 Å². The molecule has 0 amide bonds. The second-order valence-corrected chi connectivity index (χ2v) is 9.72. The molecule has 0 radical (unpaired) electrons. The molecule has 2 aromatic rings. The molecule has 158 valence electrons. The van der Waals surface area contributed by atoms with Crippen molar-refractivity contribution in [2.45, 2.75) is 70.1 Å². The van der Waals surface area contributed by atoms with E-state index in [4.69, 9.17) is 0 Å². The minimum absolute atomic E-state index is 0.770. The summed E-state index contributed by atoms with van der Waals surface area (Å²) < 4.78 is 0. The first-order valence-corrected chi connectivity index (χ1v) is 12.2. The average Bonchev–Trinajstić information content (AvgIpc) is 2.81. The minimum Gasteiger partial charge on any atom is -0.103 e. The number of hydrogen-bond acceptors (Lipinski definition) is 0. The molecule has 0 heteroatoms. The molecule has 2 aliphatic carbocycles. The van der Waals surface area contributed by atoms with Crippen molar-refractivity contribution in [1.82, 2.24) is 0 Å². The summed E-state index contributed by atoms with van der Waals surface area (Å²) in [4.78, 5) is 0. The Morgan fingerprint density at radius 2 is 1.33 bits per heavy atom. The molecule has 2 aliphatic rings. The van der Waals surface area contributed by atoms with E-state index in [0.29, 0.717) is 0 Å². The van der Waals surface area contributed by atoms with Crippen LogP contribution in [0.4, 0.5) is 0 Å². The lowest BCUT2D eigenvalue weighted by Gasteiger charge is -2.42. The smallest absolute Gasteiger partial charge is 0.0159 e. The van der Waals surface area contributed by atoms with Gasteiger partial charge in [0, 0.05) is 0 Å². The van der Waals surface area contributed by atoms with Gasteiger partial charge in [-0.1, -0.05) is 67.1 Å². The molecule has 0 N–H and O–H groups in total. The second kappa shape index (κ2) is 10.3. The third kappa shape index (κ3) is 5.15. The Bertz CT molecular complexity index is 810. The number of benzene rings is 2. The molecule has 30 heavy (non-hydrogen) atoms. The van der Waals surface area contributed by atoms with Gasteiger partial charge >= 0.3 is 0 Å². The normalized spacial score (nSPS) is 26.0. The summed E-state index contributed by atoms with van der Waals surface area (Å²) in [7, 11) is 0. The van der Waals surface area contributed by atoms with E-state index in [1.807, 2.05) is 6.08 Å². The summed E-state index contributed by atoms with van der Waals surface area (Å²) >= 11 is 0. The van der Waals surface area contributed by atoms with Crippen molar-refractivity contribution in [1.29, 1.82) is 0 Å². The van der Waals surface area contributed by atoms with E-state index in [9.17, 15) is 0 Å². The van der Waals surface area contributed by atoms with Crippen molar-refractivity contribution in [2.75, 3.05) is 0 Å². The Morgan fingerprint density at radius 3 is 2.03 bits per heavy atom. The molecule has 0 aliphatic heterocycles. The summed E-state index contributed by atoms with van der Waals surface area (Å²) in [5.41, 5.74) is 5.62. The molecular formula is C30H38. The van der Waals surface area contributed by atoms with Crippen LogP contribution in [0.15, 0.2) is 73.8 Å². The summed E-state index contributed by atoms with van der Waals surface area (Å²) in [6, 6.07) is 18.5. The number of allylic oxidation sites excluding steroid dienone is 2. The highest BCUT2D eigenvalue weighted by molar-refractivity contribution is 5.64. The van der Waals surface area contributed by atoms with Gasteiger partial charge in [-0.2, -0.15) is 0 Å². The van der Waals surface area contributed by atoms with Gasteiger partial charge in [0.2, 0.25) is 0 Å². The molecule has 2 fully saturated rings. The molecule has 0 bridgehead atoms. The zero-order chi connectivity index (χ0) is 20.8. The molecule has 0 heterocycles. The quantitative estimate of drug-likeness (QED) is 0.390. The van der Waals surface area contributed by atoms with Crippen molar-refractivity contribution in [2.24, 2.45) is 17.8 Å². The summed E-state index contributed by atoms with van der Waals surface area (Å²) in [5, 5.41) is 0. The molecule has 0 nitrogen and oxygen atoms in total. The number of rotatable bonds is 8. The summed E-state index contributed by atoms with van der Waals surface area (Å²) in [6.07, 6.45) is 17.4. The predicted octanol–water partition coefficient (Wildman–Crippen LogP) is 8.74. The van der Waals surface area contributed by atoms with Crippen LogP contribution in [0.2, 0.25) is 0 Å². The van der Waals surface area contributed by atoms with E-state index in [2.05, 4.69) is 67.8 Å². The van der Waals surface area contributed by atoms with Crippen LogP contribution in [0.3, 0.4) is 0 Å². The maximum atomic E-state index is 3.91. The second-order valence-electron chi connectivity index (χ2n) is 9.72. The first-order chi connectivity index (χ1) is 14.8. The van der Waals surface area contributed by atoms with Crippen LogP contribution in [0.25, 0.3) is 11.1 Å². The van der Waals surface area contributed by atoms with Crippen LogP contribution in [0.5, 0.6) is 0 Å². The SMILES string of the molecule is C=CCCc1ccc(-c2ccc(C3CCC4CC(CCC=C)CCC4C3)cc2)cc1. The zero-order valence-corrected chi connectivity index (χ0v) is 18.6. The first kappa shape index (κ1) is 21.2. The molecule has 0 aromatic heterocycles. The molecule has 4 atom stereocenters. The van der Waals surface area contributed by atoms with Gasteiger partial charge in [0.25, 0.3) is 0 Å². The zero-order valence-electron chi connectivity index (χ0n) is 18.6. The molecule has 4 rings (SSSR count). The van der Waals surface area contributed by atoms with Crippen LogP contribution in [-0.2, 0) is 6.42 Å². The number of aryl methyl sites for hydroxylation is 1. The average molecular weight is 399 g/mol. The lowest BCUT2D eigenvalue weighted by molar-refractivity contribution is 0.115. The van der Waals surface area contributed by atoms with Crippen LogP contribution >= 0.6 is 0 Å². The van der Waals surface area contributed by atoms with Gasteiger partial charge in [0.1, 0.15) is 0 Å². The molecule has 0 saturated heterocycles. The van der Waals surface area contributed by atoms with Gasteiger partial charge in [-0.3, -0.25) is 0 Å². The molecule has 2 saturated carbocycles. The third-order valence-electron chi connectivity index (χ3n) is 7.81. The van der Waals surface area contributed by atoms with Crippen LogP contribution in [-0.4, -0.2) is 0 Å². The Kier molecular flexibility index (Phi) is 7.26. The van der Waals surface area contributed by atoms with Crippen LogP contribution in [0, 0.1) is 17.8 Å². The van der Waals surface area contributed by atoms with E-state index in [1.165, 1.54) is 68.1 Å². The van der Waals surface area contributed by atoms with E-state index in [0.717, 1.165) is 36.5 Å². The van der Waals surface area contributed by atoms with Crippen molar-refractivity contribution < 1.29 is 0 Å². The Hall–Kier alpha value is -2.08. The van der Waals surface area contributed by atoms with Gasteiger partial charge in [0.05, 0.1) is 0 Å². The standard InChI is InChI=1S/C30H38/c1-3-5-7-23-9-12-25(13-10-23)26-15-17-27(18-16-26)29-20-19-28-21-24(8-6-4-2)11-14-30(28)22-29/h3-4,9-10,12-13,15-18,24,28-30H,1-2,5-8,11,14,19-22H2. The minimum atomic E-state index is 0.770. The van der Waals surface area contributed by atoms with Crippen LogP contribution in [0.1, 0.15) is 74.8 Å². The van der Waals surface area contributed by atoms with E-state index in [-0.39, 0.29) is 0 Å². The largest absolute Gasteiger partial charge is 0.103 e. The van der Waals surface area contributed by atoms with Crippen molar-refractivity contribution in [3.63, 3.8) is 0 Å². The van der Waals surface area contributed by atoms with Gasteiger partial charge in [-0.25, -0.2) is 0 Å². The van der Waals surface area contributed by atoms with Crippen LogP contribution < -0.4 is 0 Å². The Balaban J connectivity index is 1.35. The van der Waals surface area contributed by atoms with Crippen molar-refractivity contribution in [3.05, 3.63) is 85.0 Å². The fourth-order valence-corrected chi connectivity index (χ4v) is 5.99. The maximum absolute atomic E-state index is 3.91. The fraction of sp³-hybridized carbons (Fsp3) is 0.467. The molecule has 4 unspecified atom stereocenters. The number of hydrogen-bond donors (Lipinski definition) is 0. The number of fused-ring (bicyclic) bond motifs is 1. The lowest BCUT2D eigenvalue weighted by Crippen LogP contribution is -2.30. The summed E-state index contributed by atoms with van der Waals surface area (Å²) in [6.45, 7) is 7.73. The van der Waals surface area contributed by atoms with Gasteiger partial charge in [-0.05, 0) is 104 Å². The first-order valence-electron chi connectivity index (χ1n) is 12.2. The highest BCUT2D eigenvalue weighted by atomic mass is 14.4. The topological polar surface area (TPSA) is 0 Å². The van der Waals surface area contributed by atoms with Crippen molar-refractivity contribution in [3.8, 4) is 11.1 Å².